The van der Waals surface area contributed by atoms with Crippen LogP contribution in [0.4, 0.5) is 0 Å². The number of nitrogens with zero attached hydrogens (tertiary/aromatic N) is 1. The summed E-state index contributed by atoms with van der Waals surface area (Å²) in [7, 11) is 0. The number of hydrogen-bond acceptors (Lipinski definition) is 2. The summed E-state index contributed by atoms with van der Waals surface area (Å²) < 4.78 is 0. The second kappa shape index (κ2) is 3.59. The molecule has 1 rings (SSSR count). The lowest BCUT2D eigenvalue weighted by atomic mass is 10.2. The van der Waals surface area contributed by atoms with E-state index in [1.807, 2.05) is 6.92 Å². The molecule has 1 N–H and O–H groups in total. The molecule has 1 aliphatic rings. The average molecular weight is 167 g/mol. The molecule has 0 bridgehead atoms. The van der Waals surface area contributed by atoms with Crippen LogP contribution in [0.25, 0.3) is 0 Å². The third-order valence-electron chi connectivity index (χ3n) is 2.05. The minimum absolute atomic E-state index is 0.119. The van der Waals surface area contributed by atoms with Gasteiger partial charge in [0.15, 0.2) is 0 Å². The fraction of sp³-hybridized carbons (Fsp3) is 0.667. The van der Waals surface area contributed by atoms with Crippen molar-refractivity contribution in [1.82, 2.24) is 4.90 Å². The lowest BCUT2D eigenvalue weighted by Gasteiger charge is -2.17. The molecule has 0 aliphatic carbocycles. The zero-order chi connectivity index (χ0) is 9.14. The SMILES string of the molecule is CC#CC(=O)N1CC(O)CC1C. The van der Waals surface area contributed by atoms with Gasteiger partial charge in [-0.15, -0.1) is 0 Å². The van der Waals surface area contributed by atoms with Gasteiger partial charge >= 0.3 is 0 Å². The maximum atomic E-state index is 11.2. The Bertz CT molecular complexity index is 239. The molecule has 0 aromatic heterocycles. The molecule has 0 saturated carbocycles. The Hall–Kier alpha value is -1.01. The maximum absolute atomic E-state index is 11.2. The maximum Gasteiger partial charge on any atom is 0.298 e. The number of aliphatic hydroxyl groups excluding tert-OH is 1. The van der Waals surface area contributed by atoms with Crippen LogP contribution in [0, 0.1) is 11.8 Å². The van der Waals surface area contributed by atoms with Gasteiger partial charge in [0, 0.05) is 12.6 Å². The van der Waals surface area contributed by atoms with Crippen molar-refractivity contribution in [1.29, 1.82) is 0 Å². The van der Waals surface area contributed by atoms with E-state index in [-0.39, 0.29) is 18.1 Å². The van der Waals surface area contributed by atoms with E-state index in [0.29, 0.717) is 13.0 Å². The van der Waals surface area contributed by atoms with Crippen LogP contribution in [-0.2, 0) is 4.79 Å². The molecule has 0 radical (unpaired) electrons. The van der Waals surface area contributed by atoms with Crippen molar-refractivity contribution < 1.29 is 9.90 Å². The predicted molar refractivity (Wildman–Crippen MR) is 45.2 cm³/mol. The first kappa shape index (κ1) is 9.08. The Kier molecular flexibility index (Phi) is 2.72. The van der Waals surface area contributed by atoms with Crippen molar-refractivity contribution in [3.8, 4) is 11.8 Å². The van der Waals surface area contributed by atoms with Gasteiger partial charge in [-0.3, -0.25) is 4.79 Å². The fourth-order valence-electron chi connectivity index (χ4n) is 1.46. The first-order valence-electron chi connectivity index (χ1n) is 4.06. The largest absolute Gasteiger partial charge is 0.391 e. The van der Waals surface area contributed by atoms with E-state index in [1.165, 1.54) is 0 Å². The smallest absolute Gasteiger partial charge is 0.298 e. The monoisotopic (exact) mass is 167 g/mol. The summed E-state index contributed by atoms with van der Waals surface area (Å²) in [6, 6.07) is 0.119. The molecule has 3 heteroatoms. The number of carbonyl (C=O) groups is 1. The van der Waals surface area contributed by atoms with Gasteiger partial charge in [-0.05, 0) is 26.2 Å². The molecule has 0 aromatic carbocycles. The van der Waals surface area contributed by atoms with Crippen LogP contribution in [0.2, 0.25) is 0 Å². The summed E-state index contributed by atoms with van der Waals surface area (Å²) in [5.74, 6) is 4.84. The molecule has 1 amide bonds. The van der Waals surface area contributed by atoms with Crippen molar-refractivity contribution in [2.45, 2.75) is 32.4 Å². The van der Waals surface area contributed by atoms with Gasteiger partial charge in [-0.25, -0.2) is 0 Å². The van der Waals surface area contributed by atoms with Gasteiger partial charge < -0.3 is 10.0 Å². The van der Waals surface area contributed by atoms with Crippen molar-refractivity contribution >= 4 is 5.91 Å². The third-order valence-corrected chi connectivity index (χ3v) is 2.05. The first-order valence-corrected chi connectivity index (χ1v) is 4.06. The summed E-state index contributed by atoms with van der Waals surface area (Å²) >= 11 is 0. The van der Waals surface area contributed by atoms with Crippen LogP contribution in [0.5, 0.6) is 0 Å². The van der Waals surface area contributed by atoms with Crippen LogP contribution in [0.3, 0.4) is 0 Å². The molecular formula is C9H13NO2. The molecule has 12 heavy (non-hydrogen) atoms. The molecule has 3 nitrogen and oxygen atoms in total. The molecule has 1 fully saturated rings. The van der Waals surface area contributed by atoms with E-state index >= 15 is 0 Å². The number of carbonyl (C=O) groups excluding carboxylic acids is 1. The highest BCUT2D eigenvalue weighted by molar-refractivity contribution is 5.93. The number of β-amino-alcohol motifs (C(OH)–C–C–N with tert-alkyl or cyclic N) is 1. The Morgan fingerprint density at radius 2 is 2.33 bits per heavy atom. The van der Waals surface area contributed by atoms with Crippen molar-refractivity contribution in [2.75, 3.05) is 6.54 Å². The lowest BCUT2D eigenvalue weighted by Crippen LogP contribution is -2.33. The van der Waals surface area contributed by atoms with E-state index < -0.39 is 0 Å². The minimum Gasteiger partial charge on any atom is -0.391 e. The third kappa shape index (κ3) is 1.77. The van der Waals surface area contributed by atoms with E-state index in [4.69, 9.17) is 0 Å². The van der Waals surface area contributed by atoms with Gasteiger partial charge in [0.25, 0.3) is 5.91 Å². The molecule has 1 saturated heterocycles. The van der Waals surface area contributed by atoms with Gasteiger partial charge in [0.1, 0.15) is 0 Å². The quantitative estimate of drug-likeness (QED) is 0.515. The molecule has 66 valence electrons. The van der Waals surface area contributed by atoms with Crippen LogP contribution in [0.15, 0.2) is 0 Å². The zero-order valence-corrected chi connectivity index (χ0v) is 7.37. The van der Waals surface area contributed by atoms with Crippen LogP contribution in [0.1, 0.15) is 20.3 Å². The van der Waals surface area contributed by atoms with Crippen LogP contribution in [-0.4, -0.2) is 34.6 Å². The van der Waals surface area contributed by atoms with E-state index in [2.05, 4.69) is 11.8 Å². The Morgan fingerprint density at radius 3 is 2.75 bits per heavy atom. The highest BCUT2D eigenvalue weighted by atomic mass is 16.3. The van der Waals surface area contributed by atoms with Gasteiger partial charge in [-0.2, -0.15) is 0 Å². The molecule has 1 aliphatic heterocycles. The second-order valence-electron chi connectivity index (χ2n) is 3.07. The number of rotatable bonds is 0. The Morgan fingerprint density at radius 1 is 1.67 bits per heavy atom. The fourth-order valence-corrected chi connectivity index (χ4v) is 1.46. The normalized spacial score (nSPS) is 28.1. The Balaban J connectivity index is 2.62. The summed E-state index contributed by atoms with van der Waals surface area (Å²) in [6.45, 7) is 3.98. The van der Waals surface area contributed by atoms with Crippen LogP contribution >= 0.6 is 0 Å². The Labute approximate surface area is 72.4 Å². The topological polar surface area (TPSA) is 40.5 Å². The number of hydrogen-bond donors (Lipinski definition) is 1. The van der Waals surface area contributed by atoms with Crippen LogP contribution < -0.4 is 0 Å². The lowest BCUT2D eigenvalue weighted by molar-refractivity contribution is -0.125. The highest BCUT2D eigenvalue weighted by Crippen LogP contribution is 2.16. The molecule has 0 aromatic rings. The van der Waals surface area contributed by atoms with E-state index in [0.717, 1.165) is 0 Å². The summed E-state index contributed by atoms with van der Waals surface area (Å²) in [6.07, 6.45) is 0.291. The number of likely N-dealkylation sites (tertiary alicyclic amines) is 1. The van der Waals surface area contributed by atoms with E-state index in [1.54, 1.807) is 11.8 Å². The number of amides is 1. The molecule has 0 spiro atoms. The highest BCUT2D eigenvalue weighted by Gasteiger charge is 2.30. The summed E-state index contributed by atoms with van der Waals surface area (Å²) in [5.41, 5.74) is 0. The number of aliphatic hydroxyl groups is 1. The van der Waals surface area contributed by atoms with Crippen molar-refractivity contribution in [3.05, 3.63) is 0 Å². The molecular weight excluding hydrogens is 154 g/mol. The van der Waals surface area contributed by atoms with Crippen molar-refractivity contribution in [2.24, 2.45) is 0 Å². The van der Waals surface area contributed by atoms with Gasteiger partial charge in [-0.1, -0.05) is 5.92 Å². The average Bonchev–Trinajstić information content (AvgIpc) is 2.30. The molecule has 1 heterocycles. The summed E-state index contributed by atoms with van der Waals surface area (Å²) in [5, 5.41) is 9.25. The van der Waals surface area contributed by atoms with Gasteiger partial charge in [0.2, 0.25) is 0 Å². The first-order chi connectivity index (χ1) is 5.65. The predicted octanol–water partition coefficient (Wildman–Crippen LogP) is -0.00860. The molecule has 2 unspecified atom stereocenters. The van der Waals surface area contributed by atoms with Crippen molar-refractivity contribution in [3.63, 3.8) is 0 Å². The summed E-state index contributed by atoms with van der Waals surface area (Å²) in [4.78, 5) is 12.9. The minimum atomic E-state index is -0.373. The van der Waals surface area contributed by atoms with Gasteiger partial charge in [0.05, 0.1) is 6.10 Å². The second-order valence-corrected chi connectivity index (χ2v) is 3.07. The zero-order valence-electron chi connectivity index (χ0n) is 7.37. The molecule has 2 atom stereocenters. The standard InChI is InChI=1S/C9H13NO2/c1-3-4-9(12)10-6-8(11)5-7(10)2/h7-8,11H,5-6H2,1-2H3. The van der Waals surface area contributed by atoms with E-state index in [9.17, 15) is 9.90 Å².